The number of amides is 1. The van der Waals surface area contributed by atoms with E-state index in [1.165, 1.54) is 0 Å². The van der Waals surface area contributed by atoms with Crippen LogP contribution in [0, 0.1) is 5.92 Å². The van der Waals surface area contributed by atoms with Crippen LogP contribution in [0.4, 0.5) is 0 Å². The fraction of sp³-hybridized carbons (Fsp3) is 0.583. The first kappa shape index (κ1) is 11.2. The molecule has 2 heterocycles. The van der Waals surface area contributed by atoms with Crippen molar-refractivity contribution in [3.63, 3.8) is 0 Å². The molecule has 0 bridgehead atoms. The molecule has 4 heteroatoms. The molecule has 1 aromatic heterocycles. The minimum atomic E-state index is 0.144. The first-order valence-corrected chi connectivity index (χ1v) is 5.74. The molecule has 1 fully saturated rings. The molecule has 1 aromatic rings. The van der Waals surface area contributed by atoms with E-state index in [4.69, 9.17) is 4.42 Å². The van der Waals surface area contributed by atoms with Gasteiger partial charge >= 0.3 is 0 Å². The Hall–Kier alpha value is -1.29. The predicted octanol–water partition coefficient (Wildman–Crippen LogP) is 1.24. The molecule has 0 saturated carbocycles. The standard InChI is InChI=1S/C12H18N2O2/c1-14(8-10-4-6-16-9-10)12(15)11-3-2-5-13-7-11/h4,6,9,11,13H,2-3,5,7-8H2,1H3/t11-/m1/s1. The molecule has 1 aliphatic heterocycles. The molecule has 0 spiro atoms. The maximum atomic E-state index is 12.1. The molecule has 0 aromatic carbocycles. The van der Waals surface area contributed by atoms with E-state index >= 15 is 0 Å². The Morgan fingerprint density at radius 2 is 2.56 bits per heavy atom. The lowest BCUT2D eigenvalue weighted by Gasteiger charge is -2.26. The summed E-state index contributed by atoms with van der Waals surface area (Å²) in [5, 5.41) is 3.26. The lowest BCUT2D eigenvalue weighted by molar-refractivity contribution is -0.135. The molecule has 1 aliphatic rings. The highest BCUT2D eigenvalue weighted by molar-refractivity contribution is 5.78. The van der Waals surface area contributed by atoms with Crippen molar-refractivity contribution in [2.24, 2.45) is 5.92 Å². The van der Waals surface area contributed by atoms with Gasteiger partial charge < -0.3 is 14.6 Å². The molecule has 2 rings (SSSR count). The molecule has 0 radical (unpaired) electrons. The van der Waals surface area contributed by atoms with Gasteiger partial charge in [0.1, 0.15) is 0 Å². The van der Waals surface area contributed by atoms with Crippen LogP contribution in [0.5, 0.6) is 0 Å². The maximum Gasteiger partial charge on any atom is 0.227 e. The number of hydrogen-bond donors (Lipinski definition) is 1. The number of furan rings is 1. The molecule has 1 saturated heterocycles. The third-order valence-corrected chi connectivity index (χ3v) is 3.02. The number of piperidine rings is 1. The zero-order valence-corrected chi connectivity index (χ0v) is 9.61. The fourth-order valence-electron chi connectivity index (χ4n) is 2.11. The van der Waals surface area contributed by atoms with Crippen molar-refractivity contribution in [2.75, 3.05) is 20.1 Å². The van der Waals surface area contributed by atoms with Gasteiger partial charge in [0.15, 0.2) is 0 Å². The second-order valence-electron chi connectivity index (χ2n) is 4.37. The number of hydrogen-bond acceptors (Lipinski definition) is 3. The van der Waals surface area contributed by atoms with Crippen LogP contribution < -0.4 is 5.32 Å². The van der Waals surface area contributed by atoms with Crippen LogP contribution in [0.2, 0.25) is 0 Å². The van der Waals surface area contributed by atoms with Gasteiger partial charge in [0.25, 0.3) is 0 Å². The van der Waals surface area contributed by atoms with E-state index in [1.54, 1.807) is 17.4 Å². The second kappa shape index (κ2) is 5.16. The van der Waals surface area contributed by atoms with E-state index in [-0.39, 0.29) is 11.8 Å². The number of rotatable bonds is 3. The average Bonchev–Trinajstić information content (AvgIpc) is 2.82. The summed E-state index contributed by atoms with van der Waals surface area (Å²) in [5.74, 6) is 0.374. The average molecular weight is 222 g/mol. The minimum Gasteiger partial charge on any atom is -0.472 e. The van der Waals surface area contributed by atoms with E-state index in [0.29, 0.717) is 6.54 Å². The van der Waals surface area contributed by atoms with Crippen LogP contribution in [0.1, 0.15) is 18.4 Å². The number of nitrogens with one attached hydrogen (secondary N) is 1. The number of carbonyl (C=O) groups excluding carboxylic acids is 1. The summed E-state index contributed by atoms with van der Waals surface area (Å²) < 4.78 is 4.99. The van der Waals surface area contributed by atoms with Gasteiger partial charge in [0.05, 0.1) is 18.4 Å². The predicted molar refractivity (Wildman–Crippen MR) is 60.8 cm³/mol. The maximum absolute atomic E-state index is 12.1. The van der Waals surface area contributed by atoms with Gasteiger partial charge in [-0.05, 0) is 25.5 Å². The van der Waals surface area contributed by atoms with Crippen molar-refractivity contribution < 1.29 is 9.21 Å². The molecule has 0 aliphatic carbocycles. The van der Waals surface area contributed by atoms with Crippen LogP contribution >= 0.6 is 0 Å². The van der Waals surface area contributed by atoms with Gasteiger partial charge in [-0.2, -0.15) is 0 Å². The van der Waals surface area contributed by atoms with Gasteiger partial charge in [-0.25, -0.2) is 0 Å². The summed E-state index contributed by atoms with van der Waals surface area (Å²) >= 11 is 0. The SMILES string of the molecule is CN(Cc1ccoc1)C(=O)[C@@H]1CCCNC1. The van der Waals surface area contributed by atoms with Gasteiger partial charge in [-0.3, -0.25) is 4.79 Å². The highest BCUT2D eigenvalue weighted by atomic mass is 16.3. The normalized spacial score (nSPS) is 20.7. The van der Waals surface area contributed by atoms with Crippen molar-refractivity contribution >= 4 is 5.91 Å². The Labute approximate surface area is 95.6 Å². The molecule has 0 unspecified atom stereocenters. The molecule has 4 nitrogen and oxygen atoms in total. The smallest absolute Gasteiger partial charge is 0.227 e. The Morgan fingerprint density at radius 3 is 3.19 bits per heavy atom. The summed E-state index contributed by atoms with van der Waals surface area (Å²) in [6.07, 6.45) is 5.41. The Balaban J connectivity index is 1.88. The third-order valence-electron chi connectivity index (χ3n) is 3.02. The van der Waals surface area contributed by atoms with E-state index in [0.717, 1.165) is 31.5 Å². The highest BCUT2D eigenvalue weighted by Gasteiger charge is 2.23. The summed E-state index contributed by atoms with van der Waals surface area (Å²) in [5.41, 5.74) is 1.04. The van der Waals surface area contributed by atoms with E-state index in [2.05, 4.69) is 5.32 Å². The van der Waals surface area contributed by atoms with Gasteiger partial charge in [-0.15, -0.1) is 0 Å². The van der Waals surface area contributed by atoms with Crippen LogP contribution in [0.15, 0.2) is 23.0 Å². The van der Waals surface area contributed by atoms with E-state index in [1.807, 2.05) is 13.1 Å². The zero-order chi connectivity index (χ0) is 11.4. The number of carbonyl (C=O) groups is 1. The third kappa shape index (κ3) is 2.64. The monoisotopic (exact) mass is 222 g/mol. The van der Waals surface area contributed by atoms with Crippen molar-refractivity contribution in [3.8, 4) is 0 Å². The van der Waals surface area contributed by atoms with Gasteiger partial charge in [0.2, 0.25) is 5.91 Å². The van der Waals surface area contributed by atoms with Gasteiger partial charge in [0, 0.05) is 25.7 Å². The lowest BCUT2D eigenvalue weighted by atomic mass is 9.98. The molecule has 1 atom stereocenters. The zero-order valence-electron chi connectivity index (χ0n) is 9.61. The number of nitrogens with zero attached hydrogens (tertiary/aromatic N) is 1. The summed E-state index contributed by atoms with van der Waals surface area (Å²) in [7, 11) is 1.85. The van der Waals surface area contributed by atoms with Crippen molar-refractivity contribution in [3.05, 3.63) is 24.2 Å². The Bertz CT molecular complexity index is 329. The Morgan fingerprint density at radius 1 is 1.69 bits per heavy atom. The van der Waals surface area contributed by atoms with Gasteiger partial charge in [-0.1, -0.05) is 0 Å². The van der Waals surface area contributed by atoms with Crippen LogP contribution in [-0.4, -0.2) is 30.9 Å². The Kier molecular flexibility index (Phi) is 3.62. The molecule has 1 amide bonds. The van der Waals surface area contributed by atoms with Crippen molar-refractivity contribution in [2.45, 2.75) is 19.4 Å². The topological polar surface area (TPSA) is 45.5 Å². The van der Waals surface area contributed by atoms with Crippen molar-refractivity contribution in [1.29, 1.82) is 0 Å². The quantitative estimate of drug-likeness (QED) is 0.837. The molecule has 16 heavy (non-hydrogen) atoms. The minimum absolute atomic E-state index is 0.144. The van der Waals surface area contributed by atoms with E-state index in [9.17, 15) is 4.79 Å². The largest absolute Gasteiger partial charge is 0.472 e. The molecular weight excluding hydrogens is 204 g/mol. The summed E-state index contributed by atoms with van der Waals surface area (Å²) in [6.45, 7) is 2.48. The summed E-state index contributed by atoms with van der Waals surface area (Å²) in [4.78, 5) is 13.9. The second-order valence-corrected chi connectivity index (χ2v) is 4.37. The first-order valence-electron chi connectivity index (χ1n) is 5.74. The van der Waals surface area contributed by atoms with E-state index < -0.39 is 0 Å². The van der Waals surface area contributed by atoms with Crippen LogP contribution in [0.3, 0.4) is 0 Å². The lowest BCUT2D eigenvalue weighted by Crippen LogP contribution is -2.41. The fourth-order valence-corrected chi connectivity index (χ4v) is 2.11. The van der Waals surface area contributed by atoms with Crippen LogP contribution in [0.25, 0.3) is 0 Å². The molecule has 1 N–H and O–H groups in total. The molecular formula is C12H18N2O2. The van der Waals surface area contributed by atoms with Crippen LogP contribution in [-0.2, 0) is 11.3 Å². The highest BCUT2D eigenvalue weighted by Crippen LogP contribution is 2.14. The van der Waals surface area contributed by atoms with Crippen molar-refractivity contribution in [1.82, 2.24) is 10.2 Å². The molecule has 88 valence electrons. The summed E-state index contributed by atoms with van der Waals surface area (Å²) in [6, 6.07) is 1.89. The first-order chi connectivity index (χ1) is 7.77.